The van der Waals surface area contributed by atoms with E-state index in [9.17, 15) is 19.8 Å². The monoisotopic (exact) mass is 404 g/mol. The lowest BCUT2D eigenvalue weighted by molar-refractivity contribution is -0.146. The minimum absolute atomic E-state index is 0.0508. The molecule has 1 aromatic carbocycles. The lowest BCUT2D eigenvalue weighted by Gasteiger charge is -2.58. The Morgan fingerprint density at radius 3 is 2.55 bits per heavy atom. The van der Waals surface area contributed by atoms with Crippen molar-refractivity contribution in [3.05, 3.63) is 23.8 Å². The second kappa shape index (κ2) is 8.51. The van der Waals surface area contributed by atoms with Crippen molar-refractivity contribution in [2.45, 2.75) is 58.5 Å². The zero-order valence-electron chi connectivity index (χ0n) is 17.5. The van der Waals surface area contributed by atoms with Crippen molar-refractivity contribution in [1.29, 1.82) is 0 Å². The van der Waals surface area contributed by atoms with E-state index < -0.39 is 6.09 Å². The largest absolute Gasteiger partial charge is 0.504 e. The lowest BCUT2D eigenvalue weighted by atomic mass is 9.57. The Kier molecular flexibility index (Phi) is 6.24. The molecule has 2 atom stereocenters. The molecule has 2 unspecified atom stereocenters. The molecule has 1 aliphatic carbocycles. The zero-order valence-corrected chi connectivity index (χ0v) is 17.5. The summed E-state index contributed by atoms with van der Waals surface area (Å²) in [6.07, 6.45) is 4.35. The minimum Gasteiger partial charge on any atom is -0.504 e. The average molecular weight is 405 g/mol. The van der Waals surface area contributed by atoms with Crippen molar-refractivity contribution in [3.63, 3.8) is 0 Å². The summed E-state index contributed by atoms with van der Waals surface area (Å²) in [4.78, 5) is 26.3. The van der Waals surface area contributed by atoms with Gasteiger partial charge >= 0.3 is 6.09 Å². The summed E-state index contributed by atoms with van der Waals surface area (Å²) >= 11 is 0. The number of benzene rings is 1. The molecule has 3 rings (SSSR count). The number of hydrogen-bond donors (Lipinski definition) is 3. The van der Waals surface area contributed by atoms with Crippen molar-refractivity contribution in [2.75, 3.05) is 13.7 Å². The van der Waals surface area contributed by atoms with Gasteiger partial charge in [0.25, 0.3) is 0 Å². The Morgan fingerprint density at radius 1 is 1.28 bits per heavy atom. The molecule has 1 saturated carbocycles. The van der Waals surface area contributed by atoms with Crippen LogP contribution in [0.2, 0.25) is 0 Å². The van der Waals surface area contributed by atoms with Gasteiger partial charge in [0.2, 0.25) is 5.91 Å². The first kappa shape index (κ1) is 21.3. The summed E-state index contributed by atoms with van der Waals surface area (Å²) in [6, 6.07) is 4.69. The number of hydrogen-bond acceptors (Lipinski definition) is 4. The van der Waals surface area contributed by atoms with Crippen LogP contribution >= 0.6 is 0 Å². The van der Waals surface area contributed by atoms with Crippen molar-refractivity contribution < 1.29 is 24.5 Å². The number of methoxy groups -OCH3 is 1. The predicted molar refractivity (Wildman–Crippen MR) is 109 cm³/mol. The summed E-state index contributed by atoms with van der Waals surface area (Å²) in [5.74, 6) is 0.286. The number of phenolic OH excluding ortho intramolecular Hbond substituents is 1. The Bertz CT molecular complexity index is 758. The first-order valence-corrected chi connectivity index (χ1v) is 10.4. The van der Waals surface area contributed by atoms with E-state index in [0.29, 0.717) is 18.2 Å². The van der Waals surface area contributed by atoms with Crippen LogP contribution in [0.3, 0.4) is 0 Å². The summed E-state index contributed by atoms with van der Waals surface area (Å²) in [6.45, 7) is 4.86. The van der Waals surface area contributed by atoms with Gasteiger partial charge in [-0.1, -0.05) is 39.2 Å². The third-order valence-electron chi connectivity index (χ3n) is 6.93. The maximum atomic E-state index is 13.0. The van der Waals surface area contributed by atoms with Gasteiger partial charge in [0.1, 0.15) is 0 Å². The summed E-state index contributed by atoms with van der Waals surface area (Å²) in [7, 11) is 1.48. The molecule has 0 bridgehead atoms. The number of carboxylic acid groups (broad SMARTS) is 1. The molecule has 7 nitrogen and oxygen atoms in total. The SMILES string of the molecule is COc1cc(CNC(=O)C2CN(C(=O)O)C2C2(C(C)C)CCCCC2)ccc1O. The van der Waals surface area contributed by atoms with E-state index in [1.807, 2.05) is 0 Å². The molecule has 29 heavy (non-hydrogen) atoms. The number of nitrogens with zero attached hydrogens (tertiary/aromatic N) is 1. The number of carbonyl (C=O) groups excluding carboxylic acids is 1. The molecule has 1 heterocycles. The maximum Gasteiger partial charge on any atom is 0.407 e. The zero-order chi connectivity index (χ0) is 21.2. The summed E-state index contributed by atoms with van der Waals surface area (Å²) in [5, 5.41) is 22.4. The smallest absolute Gasteiger partial charge is 0.407 e. The lowest BCUT2D eigenvalue weighted by Crippen LogP contribution is -2.70. The number of ether oxygens (including phenoxy) is 1. The molecule has 1 aliphatic heterocycles. The first-order chi connectivity index (χ1) is 13.8. The summed E-state index contributed by atoms with van der Waals surface area (Å²) < 4.78 is 5.11. The predicted octanol–water partition coefficient (Wildman–Crippen LogP) is 3.60. The fourth-order valence-corrected chi connectivity index (χ4v) is 5.22. The molecular weight excluding hydrogens is 372 g/mol. The van der Waals surface area contributed by atoms with Crippen molar-refractivity contribution in [1.82, 2.24) is 10.2 Å². The van der Waals surface area contributed by atoms with Crippen LogP contribution < -0.4 is 10.1 Å². The van der Waals surface area contributed by atoms with Gasteiger partial charge in [-0.05, 0) is 41.9 Å². The van der Waals surface area contributed by atoms with Gasteiger partial charge in [-0.2, -0.15) is 0 Å². The molecule has 1 saturated heterocycles. The molecule has 2 aliphatic rings. The molecule has 2 fully saturated rings. The second-order valence-electron chi connectivity index (χ2n) is 8.66. The van der Waals surface area contributed by atoms with Crippen LogP contribution in [0.25, 0.3) is 0 Å². The van der Waals surface area contributed by atoms with Gasteiger partial charge in [-0.25, -0.2) is 4.79 Å². The standard InChI is InChI=1S/C22H32N2O5/c1-14(2)22(9-5-4-6-10-22)19-16(13-24(19)21(27)28)20(26)23-12-15-7-8-17(25)18(11-15)29-3/h7-8,11,14,16,19,25H,4-6,9-10,12-13H2,1-3H3,(H,23,26)(H,27,28). The number of rotatable bonds is 6. The minimum atomic E-state index is -0.937. The molecule has 0 spiro atoms. The maximum absolute atomic E-state index is 13.0. The van der Waals surface area contributed by atoms with E-state index in [1.165, 1.54) is 24.5 Å². The quantitative estimate of drug-likeness (QED) is 0.673. The Morgan fingerprint density at radius 2 is 1.97 bits per heavy atom. The third-order valence-corrected chi connectivity index (χ3v) is 6.93. The van der Waals surface area contributed by atoms with E-state index in [-0.39, 0.29) is 35.6 Å². The number of nitrogens with one attached hydrogen (secondary N) is 1. The molecule has 2 amide bonds. The molecule has 7 heteroatoms. The van der Waals surface area contributed by atoms with Gasteiger partial charge in [0, 0.05) is 13.1 Å². The van der Waals surface area contributed by atoms with Gasteiger partial charge in [0.05, 0.1) is 19.1 Å². The van der Waals surface area contributed by atoms with Crippen molar-refractivity contribution in [2.24, 2.45) is 17.3 Å². The summed E-state index contributed by atoms with van der Waals surface area (Å²) in [5.41, 5.74) is 0.675. The van der Waals surface area contributed by atoms with E-state index in [4.69, 9.17) is 4.74 Å². The Labute approximate surface area is 172 Å². The van der Waals surface area contributed by atoms with Gasteiger partial charge in [-0.15, -0.1) is 0 Å². The Balaban J connectivity index is 1.74. The first-order valence-electron chi connectivity index (χ1n) is 10.4. The molecular formula is C22H32N2O5. The number of amides is 2. The molecule has 160 valence electrons. The molecule has 3 N–H and O–H groups in total. The van der Waals surface area contributed by atoms with Crippen molar-refractivity contribution in [3.8, 4) is 11.5 Å². The van der Waals surface area contributed by atoms with Crippen LogP contribution in [0.4, 0.5) is 4.79 Å². The van der Waals surface area contributed by atoms with Crippen LogP contribution in [0.5, 0.6) is 11.5 Å². The molecule has 1 aromatic rings. The second-order valence-corrected chi connectivity index (χ2v) is 8.66. The molecule has 0 radical (unpaired) electrons. The van der Waals surface area contributed by atoms with Gasteiger partial charge in [0.15, 0.2) is 11.5 Å². The van der Waals surface area contributed by atoms with Gasteiger partial charge < -0.3 is 25.2 Å². The fraction of sp³-hybridized carbons (Fsp3) is 0.636. The average Bonchev–Trinajstić information content (AvgIpc) is 2.66. The van der Waals surface area contributed by atoms with Crippen LogP contribution in [-0.4, -0.2) is 46.8 Å². The third kappa shape index (κ3) is 4.00. The van der Waals surface area contributed by atoms with Gasteiger partial charge in [-0.3, -0.25) is 4.79 Å². The highest BCUT2D eigenvalue weighted by Gasteiger charge is 2.57. The number of carbonyl (C=O) groups is 2. The van der Waals surface area contributed by atoms with E-state index in [0.717, 1.165) is 31.2 Å². The van der Waals surface area contributed by atoms with Crippen molar-refractivity contribution >= 4 is 12.0 Å². The van der Waals surface area contributed by atoms with E-state index in [2.05, 4.69) is 19.2 Å². The number of phenols is 1. The number of aromatic hydroxyl groups is 1. The highest BCUT2D eigenvalue weighted by molar-refractivity contribution is 5.83. The normalized spacial score (nSPS) is 23.4. The fourth-order valence-electron chi connectivity index (χ4n) is 5.22. The highest BCUT2D eigenvalue weighted by Crippen LogP contribution is 2.52. The number of likely N-dealkylation sites (tertiary alicyclic amines) is 1. The topological polar surface area (TPSA) is 99.1 Å². The Hall–Kier alpha value is -2.44. The van der Waals surface area contributed by atoms with E-state index in [1.54, 1.807) is 12.1 Å². The van der Waals surface area contributed by atoms with Crippen LogP contribution in [-0.2, 0) is 11.3 Å². The van der Waals surface area contributed by atoms with Crippen LogP contribution in [0.15, 0.2) is 18.2 Å². The van der Waals surface area contributed by atoms with E-state index >= 15 is 0 Å². The molecule has 0 aromatic heterocycles. The van der Waals surface area contributed by atoms with Crippen LogP contribution in [0.1, 0.15) is 51.5 Å². The highest BCUT2D eigenvalue weighted by atomic mass is 16.5. The van der Waals surface area contributed by atoms with Crippen LogP contribution in [0, 0.1) is 17.3 Å².